The number of aromatic nitrogens is 1. The van der Waals surface area contributed by atoms with Gasteiger partial charge in [-0.2, -0.15) is 0 Å². The average Bonchev–Trinajstić information content (AvgIpc) is 3.10. The molecule has 1 amide bonds. The van der Waals surface area contributed by atoms with Gasteiger partial charge in [0.05, 0.1) is 33.0 Å². The van der Waals surface area contributed by atoms with Crippen molar-refractivity contribution in [1.29, 1.82) is 0 Å². The summed E-state index contributed by atoms with van der Waals surface area (Å²) in [5.41, 5.74) is 2.72. The number of ether oxygens (including phenoxy) is 1. The van der Waals surface area contributed by atoms with E-state index in [9.17, 15) is 13.2 Å². The molecule has 10 heteroatoms. The first kappa shape index (κ1) is 23.5. The lowest BCUT2D eigenvalue weighted by atomic mass is 10.1. The zero-order valence-corrected chi connectivity index (χ0v) is 19.8. The van der Waals surface area contributed by atoms with Crippen LogP contribution in [0.5, 0.6) is 5.75 Å². The van der Waals surface area contributed by atoms with Crippen LogP contribution in [0.15, 0.2) is 36.4 Å². The average molecular weight is 482 g/mol. The van der Waals surface area contributed by atoms with E-state index in [2.05, 4.69) is 10.3 Å². The van der Waals surface area contributed by atoms with Crippen molar-refractivity contribution in [1.82, 2.24) is 10.3 Å². The maximum Gasteiger partial charge on any atom is 0.229 e. The third-order valence-electron chi connectivity index (χ3n) is 4.48. The first-order valence-electron chi connectivity index (χ1n) is 9.69. The third kappa shape index (κ3) is 6.16. The van der Waals surface area contributed by atoms with Crippen LogP contribution >= 0.6 is 22.9 Å². The molecule has 1 atom stereocenters. The van der Waals surface area contributed by atoms with E-state index in [4.69, 9.17) is 21.5 Å². The van der Waals surface area contributed by atoms with Crippen molar-refractivity contribution in [2.24, 2.45) is 5.14 Å². The van der Waals surface area contributed by atoms with E-state index in [1.807, 2.05) is 50.2 Å². The molecule has 3 aromatic rings. The van der Waals surface area contributed by atoms with E-state index in [1.165, 1.54) is 11.3 Å². The van der Waals surface area contributed by atoms with Crippen LogP contribution in [0.2, 0.25) is 5.02 Å². The van der Waals surface area contributed by atoms with Crippen LogP contribution in [0, 0.1) is 0 Å². The zero-order valence-electron chi connectivity index (χ0n) is 17.4. The number of sulfonamides is 1. The van der Waals surface area contributed by atoms with Gasteiger partial charge in [-0.05, 0) is 56.2 Å². The van der Waals surface area contributed by atoms with Crippen molar-refractivity contribution in [2.45, 2.75) is 32.8 Å². The van der Waals surface area contributed by atoms with Crippen LogP contribution in [-0.4, -0.2) is 37.7 Å². The van der Waals surface area contributed by atoms with Crippen LogP contribution in [0.1, 0.15) is 31.7 Å². The zero-order chi connectivity index (χ0) is 22.8. The van der Waals surface area contributed by atoms with Crippen LogP contribution in [0.25, 0.3) is 21.3 Å². The molecule has 0 spiro atoms. The molecular formula is C21H24ClN3O4S2. The predicted molar refractivity (Wildman–Crippen MR) is 125 cm³/mol. The van der Waals surface area contributed by atoms with Crippen molar-refractivity contribution in [3.05, 3.63) is 46.4 Å². The van der Waals surface area contributed by atoms with Gasteiger partial charge in [0.15, 0.2) is 0 Å². The summed E-state index contributed by atoms with van der Waals surface area (Å²) in [7, 11) is -3.62. The number of benzene rings is 2. The highest BCUT2D eigenvalue weighted by Gasteiger charge is 2.20. The summed E-state index contributed by atoms with van der Waals surface area (Å²) in [6.45, 7) is 5.59. The lowest BCUT2D eigenvalue weighted by molar-refractivity contribution is -0.122. The van der Waals surface area contributed by atoms with Gasteiger partial charge in [-0.1, -0.05) is 23.7 Å². The van der Waals surface area contributed by atoms with E-state index in [-0.39, 0.29) is 24.3 Å². The number of halogens is 1. The minimum atomic E-state index is -3.62. The Labute approximate surface area is 190 Å². The highest BCUT2D eigenvalue weighted by molar-refractivity contribution is 7.89. The lowest BCUT2D eigenvalue weighted by Gasteiger charge is -2.12. The number of rotatable bonds is 8. The SMILES string of the molecule is CC(C)Oc1ccc(-c2ccc3nc(C(C)C(=O)NCCS(N)(=O)=O)sc3c2)cc1Cl. The molecule has 1 aromatic heterocycles. The van der Waals surface area contributed by atoms with E-state index in [0.717, 1.165) is 21.3 Å². The molecule has 0 aliphatic carbocycles. The molecule has 166 valence electrons. The molecule has 0 saturated heterocycles. The van der Waals surface area contributed by atoms with E-state index in [1.54, 1.807) is 6.92 Å². The molecule has 1 heterocycles. The Morgan fingerprint density at radius 1 is 1.19 bits per heavy atom. The van der Waals surface area contributed by atoms with Crippen LogP contribution in [0.4, 0.5) is 0 Å². The fraction of sp³-hybridized carbons (Fsp3) is 0.333. The van der Waals surface area contributed by atoms with Gasteiger partial charge in [-0.3, -0.25) is 4.79 Å². The standard InChI is InChI=1S/C21H24ClN3O4S2/c1-12(2)29-18-7-5-14(10-16(18)22)15-4-6-17-19(11-15)30-21(25-17)13(3)20(26)24-8-9-31(23,27)28/h4-7,10-13H,8-9H2,1-3H3,(H,24,26)(H2,23,27,28). The molecule has 0 aliphatic rings. The Hall–Kier alpha value is -2.20. The first-order chi connectivity index (χ1) is 14.5. The minimum absolute atomic E-state index is 0.0334. The van der Waals surface area contributed by atoms with Crippen LogP contribution in [0.3, 0.4) is 0 Å². The van der Waals surface area contributed by atoms with Gasteiger partial charge in [-0.15, -0.1) is 11.3 Å². The summed E-state index contributed by atoms with van der Waals surface area (Å²) in [4.78, 5) is 16.9. The number of nitrogens with zero attached hydrogens (tertiary/aromatic N) is 1. The Kier molecular flexibility index (Phi) is 7.20. The molecule has 0 aliphatic heterocycles. The number of carbonyl (C=O) groups excluding carboxylic acids is 1. The Bertz CT molecular complexity index is 1210. The number of amides is 1. The summed E-state index contributed by atoms with van der Waals surface area (Å²) in [6.07, 6.45) is 0.0363. The topological polar surface area (TPSA) is 111 Å². The molecule has 0 bridgehead atoms. The number of carbonyl (C=O) groups is 1. The van der Waals surface area contributed by atoms with E-state index in [0.29, 0.717) is 15.8 Å². The van der Waals surface area contributed by atoms with Gasteiger partial charge >= 0.3 is 0 Å². The fourth-order valence-electron chi connectivity index (χ4n) is 2.92. The van der Waals surface area contributed by atoms with Crippen molar-refractivity contribution in [3.8, 4) is 16.9 Å². The fourth-order valence-corrected chi connectivity index (χ4v) is 4.59. The summed E-state index contributed by atoms with van der Waals surface area (Å²) in [6, 6.07) is 11.5. The first-order valence-corrected chi connectivity index (χ1v) is 12.6. The smallest absolute Gasteiger partial charge is 0.229 e. The molecule has 3 rings (SSSR count). The molecule has 1 unspecified atom stereocenters. The van der Waals surface area contributed by atoms with Gasteiger partial charge < -0.3 is 10.1 Å². The van der Waals surface area contributed by atoms with Gasteiger partial charge in [-0.25, -0.2) is 18.5 Å². The molecule has 0 fully saturated rings. The number of fused-ring (bicyclic) bond motifs is 1. The van der Waals surface area contributed by atoms with Crippen molar-refractivity contribution in [2.75, 3.05) is 12.3 Å². The number of nitrogens with one attached hydrogen (secondary N) is 1. The second-order valence-corrected chi connectivity index (χ2v) is 10.6. The number of hydrogen-bond donors (Lipinski definition) is 2. The molecule has 3 N–H and O–H groups in total. The van der Waals surface area contributed by atoms with Crippen molar-refractivity contribution in [3.63, 3.8) is 0 Å². The molecule has 2 aromatic carbocycles. The van der Waals surface area contributed by atoms with Crippen LogP contribution < -0.4 is 15.2 Å². The predicted octanol–water partition coefficient (Wildman–Crippen LogP) is 3.91. The molecule has 0 radical (unpaired) electrons. The number of hydrogen-bond acceptors (Lipinski definition) is 6. The van der Waals surface area contributed by atoms with Crippen LogP contribution in [-0.2, 0) is 14.8 Å². The lowest BCUT2D eigenvalue weighted by Crippen LogP contribution is -2.33. The molecule has 7 nitrogen and oxygen atoms in total. The largest absolute Gasteiger partial charge is 0.489 e. The maximum atomic E-state index is 12.3. The minimum Gasteiger partial charge on any atom is -0.489 e. The summed E-state index contributed by atoms with van der Waals surface area (Å²) >= 11 is 7.79. The maximum absolute atomic E-state index is 12.3. The van der Waals surface area contributed by atoms with Gasteiger partial charge in [0.2, 0.25) is 15.9 Å². The van der Waals surface area contributed by atoms with E-state index >= 15 is 0 Å². The van der Waals surface area contributed by atoms with Crippen molar-refractivity contribution < 1.29 is 17.9 Å². The normalized spacial score (nSPS) is 12.8. The monoisotopic (exact) mass is 481 g/mol. The molecule has 0 saturated carbocycles. The number of thiazole rings is 1. The summed E-state index contributed by atoms with van der Waals surface area (Å²) < 4.78 is 28.6. The van der Waals surface area contributed by atoms with Gasteiger partial charge in [0.25, 0.3) is 0 Å². The highest BCUT2D eigenvalue weighted by atomic mass is 35.5. The van der Waals surface area contributed by atoms with Crippen molar-refractivity contribution >= 4 is 49.1 Å². The molecule has 31 heavy (non-hydrogen) atoms. The van der Waals surface area contributed by atoms with E-state index < -0.39 is 15.9 Å². The van der Waals surface area contributed by atoms with Gasteiger partial charge in [0, 0.05) is 6.54 Å². The second-order valence-electron chi connectivity index (χ2n) is 7.43. The Balaban J connectivity index is 1.78. The highest BCUT2D eigenvalue weighted by Crippen LogP contribution is 2.34. The Morgan fingerprint density at radius 3 is 2.52 bits per heavy atom. The van der Waals surface area contributed by atoms with Gasteiger partial charge in [0.1, 0.15) is 10.8 Å². The third-order valence-corrected chi connectivity index (χ3v) is 6.75. The summed E-state index contributed by atoms with van der Waals surface area (Å²) in [5.74, 6) is -0.472. The molecular weight excluding hydrogens is 458 g/mol. The second kappa shape index (κ2) is 9.52. The summed E-state index contributed by atoms with van der Waals surface area (Å²) in [5, 5.41) is 8.74. The number of nitrogens with two attached hydrogens (primary N) is 1. The number of primary sulfonamides is 1. The Morgan fingerprint density at radius 2 is 1.87 bits per heavy atom. The quantitative estimate of drug-likeness (QED) is 0.506.